The Labute approximate surface area is 108 Å². The molecule has 52 valence electrons. The molecule has 10 heavy (non-hydrogen) atoms. The Morgan fingerprint density at radius 3 is 2.50 bits per heavy atom. The van der Waals surface area contributed by atoms with Crippen molar-refractivity contribution in [1.82, 2.24) is 0 Å². The second-order valence-electron chi connectivity index (χ2n) is 1.69. The molecule has 0 aliphatic carbocycles. The van der Waals surface area contributed by atoms with Gasteiger partial charge in [0.1, 0.15) is 0 Å². The minimum absolute atomic E-state index is 0. The van der Waals surface area contributed by atoms with Crippen LogP contribution in [-0.4, -0.2) is 8.12 Å². The zero-order chi connectivity index (χ0) is 7.28. The molecule has 0 spiro atoms. The zero-order valence-electron chi connectivity index (χ0n) is 6.22. The van der Waals surface area contributed by atoms with Crippen LogP contribution in [0.15, 0.2) is 6.08 Å². The molecule has 1 radical (unpaired) electrons. The summed E-state index contributed by atoms with van der Waals surface area (Å²) < 4.78 is 2.65. The van der Waals surface area contributed by atoms with Crippen LogP contribution in [0.4, 0.5) is 0 Å². The SMILES string of the molecule is CC[C](=[W])C=[C-][C](C)=[V].[Y]. The summed E-state index contributed by atoms with van der Waals surface area (Å²) in [6.07, 6.45) is 6.37. The van der Waals surface area contributed by atoms with E-state index in [-0.39, 0.29) is 32.7 Å². The van der Waals surface area contributed by atoms with Gasteiger partial charge in [0.05, 0.1) is 0 Å². The van der Waals surface area contributed by atoms with Crippen molar-refractivity contribution in [3.63, 3.8) is 0 Å². The van der Waals surface area contributed by atoms with Crippen molar-refractivity contribution in [2.45, 2.75) is 20.3 Å². The molecule has 0 aromatic heterocycles. The Balaban J connectivity index is 0. The summed E-state index contributed by atoms with van der Waals surface area (Å²) in [6, 6.07) is 0. The van der Waals surface area contributed by atoms with Crippen LogP contribution in [-0.2, 0) is 69.0 Å². The molecule has 0 atom stereocenters. The van der Waals surface area contributed by atoms with Crippen molar-refractivity contribution in [3.05, 3.63) is 12.2 Å². The third-order valence-electron chi connectivity index (χ3n) is 0.791. The molecule has 3 heteroatoms. The Morgan fingerprint density at radius 2 is 2.20 bits per heavy atom. The molecule has 0 nitrogen and oxygen atoms in total. The number of hydrogen-bond acceptors (Lipinski definition) is 0. The molecule has 0 N–H and O–H groups in total. The minimum Gasteiger partial charge on any atom is 0 e. The molecule has 0 aromatic rings. The molecule has 0 amide bonds. The first kappa shape index (κ1) is 14.4. The van der Waals surface area contributed by atoms with E-state index in [2.05, 4.69) is 36.1 Å². The smallest absolute Gasteiger partial charge is 0 e. The average molecular weight is 417 g/mol. The summed E-state index contributed by atoms with van der Waals surface area (Å²) in [4.78, 5) is 0. The van der Waals surface area contributed by atoms with E-state index in [0.717, 1.165) is 6.42 Å². The van der Waals surface area contributed by atoms with Gasteiger partial charge >= 0.3 is 76.9 Å². The monoisotopic (exact) mass is 417 g/mol. The number of rotatable bonds is 3. The van der Waals surface area contributed by atoms with Gasteiger partial charge in [-0.25, -0.2) is 0 Å². The molecular weight excluding hydrogens is 408 g/mol. The first-order chi connectivity index (χ1) is 4.16. The second kappa shape index (κ2) is 8.95. The van der Waals surface area contributed by atoms with Crippen molar-refractivity contribution in [2.75, 3.05) is 0 Å². The van der Waals surface area contributed by atoms with Crippen LogP contribution in [0, 0.1) is 6.08 Å². The van der Waals surface area contributed by atoms with Crippen LogP contribution in [0.25, 0.3) is 0 Å². The summed E-state index contributed by atoms with van der Waals surface area (Å²) in [7, 11) is 0. The van der Waals surface area contributed by atoms with Crippen LogP contribution < -0.4 is 0 Å². The van der Waals surface area contributed by atoms with E-state index in [4.69, 9.17) is 0 Å². The molecule has 0 saturated heterocycles. The minimum atomic E-state index is 0. The van der Waals surface area contributed by atoms with Gasteiger partial charge in [0.25, 0.3) is 0 Å². The van der Waals surface area contributed by atoms with E-state index in [1.807, 2.05) is 6.92 Å². The molecular formula is C7H9VWY-. The predicted octanol–water partition coefficient (Wildman–Crippen LogP) is 1.21. The van der Waals surface area contributed by atoms with E-state index < -0.39 is 0 Å². The van der Waals surface area contributed by atoms with Gasteiger partial charge in [0, 0.05) is 32.7 Å². The van der Waals surface area contributed by atoms with Gasteiger partial charge in [-0.05, 0) is 0 Å². The third kappa shape index (κ3) is 9.86. The summed E-state index contributed by atoms with van der Waals surface area (Å²) in [5, 5.41) is 0. The van der Waals surface area contributed by atoms with E-state index in [9.17, 15) is 0 Å². The van der Waals surface area contributed by atoms with Gasteiger partial charge in [-0.3, -0.25) is 0 Å². The van der Waals surface area contributed by atoms with E-state index in [1.165, 1.54) is 8.12 Å². The van der Waals surface area contributed by atoms with Crippen molar-refractivity contribution >= 4 is 8.12 Å². The fraction of sp³-hybridized carbons (Fsp3) is 0.429. The summed E-state index contributed by atoms with van der Waals surface area (Å²) >= 11 is 4.03. The molecule has 0 bridgehead atoms. The molecule has 0 saturated carbocycles. The molecule has 0 rings (SSSR count). The van der Waals surface area contributed by atoms with Crippen LogP contribution in [0.5, 0.6) is 0 Å². The Bertz CT molecular complexity index is 152. The molecule has 0 heterocycles. The largest absolute Gasteiger partial charge is 0 e. The molecule has 0 fully saturated rings. The molecule has 0 aliphatic heterocycles. The summed E-state index contributed by atoms with van der Waals surface area (Å²) in [5.74, 6) is 0. The van der Waals surface area contributed by atoms with E-state index in [0.29, 0.717) is 0 Å². The zero-order valence-corrected chi connectivity index (χ0v) is 13.4. The third-order valence-corrected chi connectivity index (χ3v) is 2.45. The average Bonchev–Trinajstić information content (AvgIpc) is 1.83. The maximum absolute atomic E-state index is 3.14. The van der Waals surface area contributed by atoms with Crippen LogP contribution in [0.3, 0.4) is 0 Å². The van der Waals surface area contributed by atoms with Crippen LogP contribution in [0.2, 0.25) is 0 Å². The predicted molar refractivity (Wildman–Crippen MR) is 33.8 cm³/mol. The van der Waals surface area contributed by atoms with Crippen molar-refractivity contribution in [2.24, 2.45) is 0 Å². The molecule has 0 aliphatic rings. The first-order valence-electron chi connectivity index (χ1n) is 2.82. The number of hydrogen-bond donors (Lipinski definition) is 0. The topological polar surface area (TPSA) is 0 Å². The molecule has 0 aromatic carbocycles. The Hall–Kier alpha value is 1.86. The summed E-state index contributed by atoms with van der Waals surface area (Å²) in [6.45, 7) is 4.20. The van der Waals surface area contributed by atoms with Gasteiger partial charge in [-0.15, -0.1) is 0 Å². The standard InChI is InChI=1S/C7H9.V.W.Y/c1-3-5-7-6-4-2;;;/h7H,3H2,1-2H3;;;/q-1;;;. The van der Waals surface area contributed by atoms with Gasteiger partial charge in [0.15, 0.2) is 0 Å². The van der Waals surface area contributed by atoms with Gasteiger partial charge < -0.3 is 0 Å². The van der Waals surface area contributed by atoms with E-state index in [1.54, 1.807) is 19.4 Å². The number of allylic oxidation sites excluding steroid dienone is 2. The van der Waals surface area contributed by atoms with Gasteiger partial charge in [0.2, 0.25) is 0 Å². The van der Waals surface area contributed by atoms with Crippen molar-refractivity contribution in [3.8, 4) is 0 Å². The van der Waals surface area contributed by atoms with Gasteiger partial charge in [-0.1, -0.05) is 0 Å². The Kier molecular flexibility index (Phi) is 12.9. The maximum atomic E-state index is 3.14. The normalized spacial score (nSPS) is 8.90. The Morgan fingerprint density at radius 1 is 1.70 bits per heavy atom. The van der Waals surface area contributed by atoms with E-state index >= 15 is 0 Å². The summed E-state index contributed by atoms with van der Waals surface area (Å²) in [5.41, 5.74) is 0. The van der Waals surface area contributed by atoms with Crippen LogP contribution >= 0.6 is 0 Å². The fourth-order valence-electron chi connectivity index (χ4n) is 0.287. The first-order valence-corrected chi connectivity index (χ1v) is 4.98. The molecule has 0 unspecified atom stereocenters. The van der Waals surface area contributed by atoms with Crippen molar-refractivity contribution < 1.29 is 69.0 Å². The van der Waals surface area contributed by atoms with Crippen LogP contribution in [0.1, 0.15) is 20.3 Å². The quantitative estimate of drug-likeness (QED) is 0.607. The van der Waals surface area contributed by atoms with Gasteiger partial charge in [-0.2, -0.15) is 0 Å². The maximum Gasteiger partial charge on any atom is 0 e. The fourth-order valence-corrected chi connectivity index (χ4v) is 0.599. The second-order valence-corrected chi connectivity index (χ2v) is 4.63. The van der Waals surface area contributed by atoms with Crippen molar-refractivity contribution in [1.29, 1.82) is 0 Å².